The third-order valence-corrected chi connectivity index (χ3v) is 5.53. The van der Waals surface area contributed by atoms with Crippen molar-refractivity contribution in [2.45, 2.75) is 24.0 Å². The highest BCUT2D eigenvalue weighted by atomic mass is 32.2. The van der Waals surface area contributed by atoms with Crippen molar-refractivity contribution in [2.75, 3.05) is 13.7 Å². The molecule has 0 saturated carbocycles. The Hall–Kier alpha value is -1.94. The number of benzene rings is 2. The fourth-order valence-electron chi connectivity index (χ4n) is 2.82. The van der Waals surface area contributed by atoms with Crippen LogP contribution in [0.3, 0.4) is 0 Å². The van der Waals surface area contributed by atoms with E-state index in [1.807, 2.05) is 42.2 Å². The summed E-state index contributed by atoms with van der Waals surface area (Å²) in [6.45, 7) is 2.74. The number of carbonyl (C=O) groups excluding carboxylic acids is 1. The molecule has 1 heterocycles. The van der Waals surface area contributed by atoms with Crippen LogP contribution in [0.1, 0.15) is 23.4 Å². The number of amides is 1. The topological polar surface area (TPSA) is 29.5 Å². The van der Waals surface area contributed by atoms with E-state index in [9.17, 15) is 4.79 Å². The molecule has 0 aromatic heterocycles. The smallest absolute Gasteiger partial charge is 0.236 e. The van der Waals surface area contributed by atoms with Gasteiger partial charge < -0.3 is 9.64 Å². The van der Waals surface area contributed by atoms with Crippen molar-refractivity contribution < 1.29 is 9.53 Å². The van der Waals surface area contributed by atoms with Gasteiger partial charge in [0.1, 0.15) is 11.1 Å². The predicted octanol–water partition coefficient (Wildman–Crippen LogP) is 3.90. The number of ether oxygens (including phenoxy) is 1. The number of thioether (sulfide) groups is 1. The van der Waals surface area contributed by atoms with Gasteiger partial charge in [-0.3, -0.25) is 4.79 Å². The van der Waals surface area contributed by atoms with Crippen LogP contribution < -0.4 is 4.74 Å². The number of carbonyl (C=O) groups is 1. The lowest BCUT2D eigenvalue weighted by Gasteiger charge is -2.24. The molecule has 0 radical (unpaired) electrons. The first-order chi connectivity index (χ1) is 11.2. The lowest BCUT2D eigenvalue weighted by molar-refractivity contribution is -0.129. The van der Waals surface area contributed by atoms with Crippen molar-refractivity contribution >= 4 is 17.7 Å². The van der Waals surface area contributed by atoms with Gasteiger partial charge in [-0.2, -0.15) is 0 Å². The van der Waals surface area contributed by atoms with Gasteiger partial charge >= 0.3 is 0 Å². The van der Waals surface area contributed by atoms with E-state index in [1.54, 1.807) is 18.9 Å². The maximum absolute atomic E-state index is 12.5. The summed E-state index contributed by atoms with van der Waals surface area (Å²) in [6.07, 6.45) is 0.881. The zero-order valence-electron chi connectivity index (χ0n) is 13.4. The summed E-state index contributed by atoms with van der Waals surface area (Å²) in [7, 11) is 1.66. The van der Waals surface area contributed by atoms with Crippen LogP contribution >= 0.6 is 11.8 Å². The highest BCUT2D eigenvalue weighted by Gasteiger charge is 2.37. The van der Waals surface area contributed by atoms with Gasteiger partial charge in [-0.25, -0.2) is 0 Å². The average molecular weight is 327 g/mol. The first-order valence-electron chi connectivity index (χ1n) is 7.83. The maximum Gasteiger partial charge on any atom is 0.236 e. The van der Waals surface area contributed by atoms with Crippen LogP contribution in [0.15, 0.2) is 54.6 Å². The normalized spacial score (nSPS) is 20.8. The second kappa shape index (κ2) is 7.09. The SMILES string of the molecule is COc1ccc(C2SC(C)C(=O)N2CCc2ccccc2)cc1. The molecule has 1 aliphatic heterocycles. The minimum Gasteiger partial charge on any atom is -0.497 e. The summed E-state index contributed by atoms with van der Waals surface area (Å²) in [5, 5.41) is 0.102. The van der Waals surface area contributed by atoms with E-state index in [0.29, 0.717) is 0 Å². The molecular formula is C19H21NO2S. The number of nitrogens with zero attached hydrogens (tertiary/aromatic N) is 1. The van der Waals surface area contributed by atoms with E-state index in [-0.39, 0.29) is 16.5 Å². The first-order valence-corrected chi connectivity index (χ1v) is 8.77. The molecular weight excluding hydrogens is 306 g/mol. The molecule has 1 saturated heterocycles. The van der Waals surface area contributed by atoms with Crippen molar-refractivity contribution in [2.24, 2.45) is 0 Å². The molecule has 0 N–H and O–H groups in total. The Labute approximate surface area is 141 Å². The van der Waals surface area contributed by atoms with Gasteiger partial charge in [0, 0.05) is 6.54 Å². The van der Waals surface area contributed by atoms with Crippen LogP contribution in [0.2, 0.25) is 0 Å². The van der Waals surface area contributed by atoms with Crippen molar-refractivity contribution in [1.82, 2.24) is 4.90 Å². The van der Waals surface area contributed by atoms with Gasteiger partial charge in [-0.05, 0) is 36.6 Å². The van der Waals surface area contributed by atoms with E-state index in [2.05, 4.69) is 24.3 Å². The van der Waals surface area contributed by atoms with Crippen LogP contribution in [0.5, 0.6) is 5.75 Å². The van der Waals surface area contributed by atoms with Gasteiger partial charge in [0.05, 0.1) is 12.4 Å². The second-order valence-corrected chi connectivity index (χ2v) is 7.10. The third kappa shape index (κ3) is 3.53. The van der Waals surface area contributed by atoms with E-state index in [4.69, 9.17) is 4.74 Å². The number of rotatable bonds is 5. The van der Waals surface area contributed by atoms with Crippen LogP contribution in [-0.4, -0.2) is 29.7 Å². The van der Waals surface area contributed by atoms with Crippen LogP contribution in [-0.2, 0) is 11.2 Å². The summed E-state index contributed by atoms with van der Waals surface area (Å²) in [5.74, 6) is 1.07. The molecule has 2 atom stereocenters. The lowest BCUT2D eigenvalue weighted by Crippen LogP contribution is -2.32. The molecule has 0 spiro atoms. The fourth-order valence-corrected chi connectivity index (χ4v) is 4.13. The molecule has 1 fully saturated rings. The van der Waals surface area contributed by atoms with Crippen molar-refractivity contribution in [3.8, 4) is 5.75 Å². The van der Waals surface area contributed by atoms with E-state index in [0.717, 1.165) is 24.3 Å². The Morgan fingerprint density at radius 3 is 2.43 bits per heavy atom. The minimum atomic E-state index is 0.0119. The van der Waals surface area contributed by atoms with Crippen LogP contribution in [0.25, 0.3) is 0 Å². The number of methoxy groups -OCH3 is 1. The predicted molar refractivity (Wildman–Crippen MR) is 94.6 cm³/mol. The second-order valence-electron chi connectivity index (χ2n) is 5.67. The molecule has 1 amide bonds. The molecule has 0 aliphatic carbocycles. The molecule has 2 aromatic carbocycles. The summed E-state index contributed by atoms with van der Waals surface area (Å²) in [4.78, 5) is 14.5. The van der Waals surface area contributed by atoms with Crippen molar-refractivity contribution in [1.29, 1.82) is 0 Å². The first kappa shape index (κ1) is 15.9. The summed E-state index contributed by atoms with van der Waals surface area (Å²) < 4.78 is 5.22. The molecule has 3 rings (SSSR count). The lowest BCUT2D eigenvalue weighted by atomic mass is 10.1. The van der Waals surface area contributed by atoms with Crippen LogP contribution in [0.4, 0.5) is 0 Å². The summed E-state index contributed by atoms with van der Waals surface area (Å²) in [6, 6.07) is 18.3. The molecule has 3 nitrogen and oxygen atoms in total. The maximum atomic E-state index is 12.5. The Morgan fingerprint density at radius 1 is 1.09 bits per heavy atom. The third-order valence-electron chi connectivity index (χ3n) is 4.13. The van der Waals surface area contributed by atoms with Crippen molar-refractivity contribution in [3.63, 3.8) is 0 Å². The average Bonchev–Trinajstić information content (AvgIpc) is 2.89. The van der Waals surface area contributed by atoms with E-state index >= 15 is 0 Å². The molecule has 2 unspecified atom stereocenters. The van der Waals surface area contributed by atoms with E-state index in [1.165, 1.54) is 5.56 Å². The summed E-state index contributed by atoms with van der Waals surface area (Å²) in [5.41, 5.74) is 2.42. The number of hydrogen-bond donors (Lipinski definition) is 0. The standard InChI is InChI=1S/C19H21NO2S/c1-14-18(21)20(13-12-15-6-4-3-5-7-15)19(23-14)16-8-10-17(22-2)11-9-16/h3-11,14,19H,12-13H2,1-2H3. The fraction of sp³-hybridized carbons (Fsp3) is 0.316. The molecule has 2 aromatic rings. The highest BCUT2D eigenvalue weighted by molar-refractivity contribution is 8.01. The highest BCUT2D eigenvalue weighted by Crippen LogP contribution is 2.43. The van der Waals surface area contributed by atoms with Crippen LogP contribution in [0, 0.1) is 0 Å². The van der Waals surface area contributed by atoms with Gasteiger partial charge in [0.2, 0.25) is 5.91 Å². The quantitative estimate of drug-likeness (QED) is 0.834. The molecule has 1 aliphatic rings. The van der Waals surface area contributed by atoms with Gasteiger partial charge in [-0.15, -0.1) is 11.8 Å². The Bertz CT molecular complexity index is 657. The number of hydrogen-bond acceptors (Lipinski definition) is 3. The summed E-state index contributed by atoms with van der Waals surface area (Å²) >= 11 is 1.72. The van der Waals surface area contributed by atoms with Gasteiger partial charge in [-0.1, -0.05) is 42.5 Å². The monoisotopic (exact) mass is 327 g/mol. The van der Waals surface area contributed by atoms with Gasteiger partial charge in [0.15, 0.2) is 0 Å². The Morgan fingerprint density at radius 2 is 1.78 bits per heavy atom. The molecule has 23 heavy (non-hydrogen) atoms. The molecule has 4 heteroatoms. The minimum absolute atomic E-state index is 0.0119. The largest absolute Gasteiger partial charge is 0.497 e. The van der Waals surface area contributed by atoms with Crippen molar-refractivity contribution in [3.05, 3.63) is 65.7 Å². The Kier molecular flexibility index (Phi) is 4.91. The van der Waals surface area contributed by atoms with E-state index < -0.39 is 0 Å². The molecule has 0 bridgehead atoms. The molecule has 120 valence electrons. The Balaban J connectivity index is 1.75. The zero-order chi connectivity index (χ0) is 16.2. The van der Waals surface area contributed by atoms with Gasteiger partial charge in [0.25, 0.3) is 0 Å². The zero-order valence-corrected chi connectivity index (χ0v) is 14.3.